The number of aromatic nitrogens is 2. The van der Waals surface area contributed by atoms with Gasteiger partial charge < -0.3 is 5.32 Å². The van der Waals surface area contributed by atoms with E-state index < -0.39 is 10.0 Å². The zero-order valence-corrected chi connectivity index (χ0v) is 20.5. The van der Waals surface area contributed by atoms with Crippen LogP contribution in [0.25, 0.3) is 16.9 Å². The van der Waals surface area contributed by atoms with E-state index in [4.69, 9.17) is 5.10 Å². The molecule has 0 aliphatic carbocycles. The van der Waals surface area contributed by atoms with Gasteiger partial charge in [0.05, 0.1) is 17.0 Å². The molecule has 0 aliphatic heterocycles. The Labute approximate surface area is 205 Å². The van der Waals surface area contributed by atoms with Crippen LogP contribution in [0.4, 0.5) is 0 Å². The van der Waals surface area contributed by atoms with Crippen LogP contribution in [0.3, 0.4) is 0 Å². The lowest BCUT2D eigenvalue weighted by Crippen LogP contribution is -2.34. The van der Waals surface area contributed by atoms with Crippen molar-refractivity contribution in [2.24, 2.45) is 0 Å². The third-order valence-corrected chi connectivity index (χ3v) is 6.94. The van der Waals surface area contributed by atoms with Gasteiger partial charge in [-0.25, -0.2) is 17.8 Å². The molecule has 2 N–H and O–H groups in total. The number of carbonyl (C=O) groups excluding carboxylic acids is 1. The molecular weight excluding hydrogens is 460 g/mol. The molecule has 0 bridgehead atoms. The first-order valence-corrected chi connectivity index (χ1v) is 13.0. The highest BCUT2D eigenvalue weighted by Crippen LogP contribution is 2.27. The fourth-order valence-corrected chi connectivity index (χ4v) is 4.69. The highest BCUT2D eigenvalue weighted by molar-refractivity contribution is 7.89. The lowest BCUT2D eigenvalue weighted by Gasteiger charge is -2.09. The van der Waals surface area contributed by atoms with Crippen molar-refractivity contribution in [1.29, 1.82) is 0 Å². The molecule has 7 nitrogen and oxygen atoms in total. The maximum atomic E-state index is 13.1. The van der Waals surface area contributed by atoms with E-state index in [1.807, 2.05) is 92.7 Å². The minimum atomic E-state index is -3.55. The zero-order valence-electron chi connectivity index (χ0n) is 19.7. The molecule has 0 radical (unpaired) electrons. The van der Waals surface area contributed by atoms with Gasteiger partial charge in [0, 0.05) is 24.8 Å². The van der Waals surface area contributed by atoms with Gasteiger partial charge in [0.15, 0.2) is 0 Å². The van der Waals surface area contributed by atoms with Crippen molar-refractivity contribution >= 4 is 15.9 Å². The normalized spacial score (nSPS) is 11.4. The van der Waals surface area contributed by atoms with E-state index in [1.165, 1.54) is 0 Å². The molecule has 3 aromatic carbocycles. The maximum absolute atomic E-state index is 13.1. The summed E-state index contributed by atoms with van der Waals surface area (Å²) in [4.78, 5) is 13.1. The van der Waals surface area contributed by atoms with Crippen LogP contribution in [-0.2, 0) is 16.6 Å². The third-order valence-electron chi connectivity index (χ3n) is 5.61. The Morgan fingerprint density at radius 2 is 1.63 bits per heavy atom. The minimum Gasteiger partial charge on any atom is -0.351 e. The summed E-state index contributed by atoms with van der Waals surface area (Å²) in [5, 5.41) is 7.45. The number of hydrogen-bond acceptors (Lipinski definition) is 4. The molecule has 1 heterocycles. The fraction of sp³-hybridized carbons (Fsp3) is 0.185. The quantitative estimate of drug-likeness (QED) is 0.372. The summed E-state index contributed by atoms with van der Waals surface area (Å²) in [5.74, 6) is -0.600. The van der Waals surface area contributed by atoms with Gasteiger partial charge >= 0.3 is 0 Å². The van der Waals surface area contributed by atoms with Gasteiger partial charge in [-0.15, -0.1) is 0 Å². The van der Waals surface area contributed by atoms with Crippen molar-refractivity contribution in [3.05, 3.63) is 107 Å². The monoisotopic (exact) mass is 488 g/mol. The molecule has 0 spiro atoms. The van der Waals surface area contributed by atoms with Gasteiger partial charge in [-0.2, -0.15) is 5.10 Å². The molecule has 4 rings (SSSR count). The second-order valence-corrected chi connectivity index (χ2v) is 10.3. The molecule has 0 saturated carbocycles. The molecule has 180 valence electrons. The van der Waals surface area contributed by atoms with E-state index in [0.717, 1.165) is 27.9 Å². The van der Waals surface area contributed by atoms with Crippen LogP contribution in [0.15, 0.2) is 85.1 Å². The Morgan fingerprint density at radius 1 is 0.943 bits per heavy atom. The topological polar surface area (TPSA) is 93.1 Å². The summed E-state index contributed by atoms with van der Waals surface area (Å²) >= 11 is 0. The molecule has 1 amide bonds. The van der Waals surface area contributed by atoms with E-state index in [0.29, 0.717) is 11.3 Å². The number of carbonyl (C=O) groups is 1. The van der Waals surface area contributed by atoms with Crippen LogP contribution in [0.5, 0.6) is 0 Å². The number of benzene rings is 3. The number of nitrogens with zero attached hydrogens (tertiary/aromatic N) is 2. The molecule has 8 heteroatoms. The number of para-hydroxylation sites is 1. The number of rotatable bonds is 9. The van der Waals surface area contributed by atoms with Crippen molar-refractivity contribution < 1.29 is 13.2 Å². The molecule has 1 aromatic heterocycles. The standard InChI is InChI=1S/C27H28N4O3S/c1-20-13-14-24(21(2)17-20)26-25(19-31(30-26)23-11-7-4-8-12-23)27(32)28-15-16-35(33,34)29-18-22-9-5-3-6-10-22/h3-14,17,19,29H,15-16,18H2,1-2H3,(H,28,32). The van der Waals surface area contributed by atoms with Crippen molar-refractivity contribution in [2.75, 3.05) is 12.3 Å². The third kappa shape index (κ3) is 6.23. The number of aryl methyl sites for hydroxylation is 2. The number of nitrogens with one attached hydrogen (secondary N) is 2. The second kappa shape index (κ2) is 10.7. The first-order valence-electron chi connectivity index (χ1n) is 11.3. The first-order chi connectivity index (χ1) is 16.8. The predicted octanol–water partition coefficient (Wildman–Crippen LogP) is 4.01. The van der Waals surface area contributed by atoms with Crippen molar-refractivity contribution in [1.82, 2.24) is 19.8 Å². The maximum Gasteiger partial charge on any atom is 0.255 e. The molecule has 4 aromatic rings. The number of sulfonamides is 1. The van der Waals surface area contributed by atoms with Crippen molar-refractivity contribution in [2.45, 2.75) is 20.4 Å². The summed E-state index contributed by atoms with van der Waals surface area (Å²) in [7, 11) is -3.55. The van der Waals surface area contributed by atoms with Crippen LogP contribution in [-0.4, -0.2) is 36.4 Å². The Kier molecular flexibility index (Phi) is 7.43. The lowest BCUT2D eigenvalue weighted by molar-refractivity contribution is 0.0956. The van der Waals surface area contributed by atoms with E-state index >= 15 is 0 Å². The SMILES string of the molecule is Cc1ccc(-c2nn(-c3ccccc3)cc2C(=O)NCCS(=O)(=O)NCc2ccccc2)c(C)c1. The average molecular weight is 489 g/mol. The first kappa shape index (κ1) is 24.4. The van der Waals surface area contributed by atoms with Crippen LogP contribution < -0.4 is 10.0 Å². The van der Waals surface area contributed by atoms with Gasteiger partial charge in [0.2, 0.25) is 10.0 Å². The highest BCUT2D eigenvalue weighted by Gasteiger charge is 2.20. The van der Waals surface area contributed by atoms with Gasteiger partial charge in [-0.1, -0.05) is 72.3 Å². The Hall–Kier alpha value is -3.75. The van der Waals surface area contributed by atoms with Crippen LogP contribution in [0, 0.1) is 13.8 Å². The molecule has 0 fully saturated rings. The summed E-state index contributed by atoms with van der Waals surface area (Å²) < 4.78 is 29.0. The second-order valence-electron chi connectivity index (χ2n) is 8.37. The van der Waals surface area contributed by atoms with Crippen LogP contribution >= 0.6 is 0 Å². The van der Waals surface area contributed by atoms with Crippen LogP contribution in [0.1, 0.15) is 27.0 Å². The van der Waals surface area contributed by atoms with Gasteiger partial charge in [0.25, 0.3) is 5.91 Å². The van der Waals surface area contributed by atoms with E-state index in [1.54, 1.807) is 10.9 Å². The molecule has 0 atom stereocenters. The predicted molar refractivity (Wildman–Crippen MR) is 138 cm³/mol. The fourth-order valence-electron chi connectivity index (χ4n) is 3.79. The van der Waals surface area contributed by atoms with Crippen molar-refractivity contribution in [3.8, 4) is 16.9 Å². The zero-order chi connectivity index (χ0) is 24.8. The molecule has 0 unspecified atom stereocenters. The summed E-state index contributed by atoms with van der Waals surface area (Å²) in [5.41, 5.74) is 5.60. The smallest absolute Gasteiger partial charge is 0.255 e. The summed E-state index contributed by atoms with van der Waals surface area (Å²) in [6.45, 7) is 4.18. The average Bonchev–Trinajstić information content (AvgIpc) is 3.29. The van der Waals surface area contributed by atoms with E-state index in [2.05, 4.69) is 10.0 Å². The number of hydrogen-bond donors (Lipinski definition) is 2. The molecular formula is C27H28N4O3S. The molecule has 35 heavy (non-hydrogen) atoms. The highest BCUT2D eigenvalue weighted by atomic mass is 32.2. The Morgan fingerprint density at radius 3 is 2.31 bits per heavy atom. The molecule has 0 aliphatic rings. The van der Waals surface area contributed by atoms with Crippen molar-refractivity contribution in [3.63, 3.8) is 0 Å². The Bertz CT molecular complexity index is 1420. The van der Waals surface area contributed by atoms with Gasteiger partial charge in [-0.3, -0.25) is 4.79 Å². The Balaban J connectivity index is 1.50. The number of amides is 1. The van der Waals surface area contributed by atoms with Gasteiger partial charge in [0.1, 0.15) is 5.69 Å². The lowest BCUT2D eigenvalue weighted by atomic mass is 10.0. The molecule has 0 saturated heterocycles. The summed E-state index contributed by atoms with van der Waals surface area (Å²) in [6.07, 6.45) is 1.68. The largest absolute Gasteiger partial charge is 0.351 e. The van der Waals surface area contributed by atoms with E-state index in [-0.39, 0.29) is 24.7 Å². The summed E-state index contributed by atoms with van der Waals surface area (Å²) in [6, 6.07) is 24.8. The van der Waals surface area contributed by atoms with E-state index in [9.17, 15) is 13.2 Å². The minimum absolute atomic E-state index is 0.0220. The van der Waals surface area contributed by atoms with Crippen LogP contribution in [0.2, 0.25) is 0 Å². The van der Waals surface area contributed by atoms with Gasteiger partial charge in [-0.05, 0) is 37.1 Å².